The summed E-state index contributed by atoms with van der Waals surface area (Å²) in [5.74, 6) is 0.748. The Morgan fingerprint density at radius 1 is 1.40 bits per heavy atom. The van der Waals surface area contributed by atoms with E-state index in [1.807, 2.05) is 6.07 Å². The summed E-state index contributed by atoms with van der Waals surface area (Å²) < 4.78 is 0.892. The molecule has 1 aliphatic heterocycles. The van der Waals surface area contributed by atoms with Crippen molar-refractivity contribution in [2.24, 2.45) is 11.8 Å². The van der Waals surface area contributed by atoms with E-state index in [4.69, 9.17) is 5.11 Å². The molecule has 0 aliphatic carbocycles. The van der Waals surface area contributed by atoms with Gasteiger partial charge in [0.05, 0.1) is 5.56 Å². The number of hydrogen-bond acceptors (Lipinski definition) is 2. The lowest BCUT2D eigenvalue weighted by molar-refractivity contribution is 0.0696. The van der Waals surface area contributed by atoms with Crippen molar-refractivity contribution in [1.29, 1.82) is 0 Å². The molecule has 0 atom stereocenters. The van der Waals surface area contributed by atoms with Crippen LogP contribution in [0.2, 0.25) is 0 Å². The van der Waals surface area contributed by atoms with Gasteiger partial charge in [-0.15, -0.1) is 0 Å². The Morgan fingerprint density at radius 2 is 2.05 bits per heavy atom. The lowest BCUT2D eigenvalue weighted by Gasteiger charge is -2.34. The van der Waals surface area contributed by atoms with E-state index in [0.717, 1.165) is 41.5 Å². The van der Waals surface area contributed by atoms with Gasteiger partial charge in [-0.25, -0.2) is 4.79 Å². The number of nitrogens with zero attached hydrogens (tertiary/aromatic N) is 1. The first-order valence-corrected chi connectivity index (χ1v) is 8.00. The zero-order chi connectivity index (χ0) is 14.7. The molecule has 0 spiro atoms. The molecule has 20 heavy (non-hydrogen) atoms. The van der Waals surface area contributed by atoms with Gasteiger partial charge in [0.25, 0.3) is 0 Å². The smallest absolute Gasteiger partial charge is 0.335 e. The third kappa shape index (κ3) is 3.83. The number of carboxylic acid groups (broad SMARTS) is 1. The van der Waals surface area contributed by atoms with E-state index in [-0.39, 0.29) is 0 Å². The molecular weight excluding hydrogens is 318 g/mol. The number of likely N-dealkylation sites (tertiary alicyclic amines) is 1. The first kappa shape index (κ1) is 15.5. The average Bonchev–Trinajstić information content (AvgIpc) is 2.41. The normalized spacial score (nSPS) is 17.6. The van der Waals surface area contributed by atoms with Crippen molar-refractivity contribution in [1.82, 2.24) is 4.90 Å². The number of aromatic carboxylic acids is 1. The Morgan fingerprint density at radius 3 is 2.55 bits per heavy atom. The van der Waals surface area contributed by atoms with Crippen LogP contribution in [-0.2, 0) is 6.54 Å². The fourth-order valence-electron chi connectivity index (χ4n) is 2.83. The Balaban J connectivity index is 1.96. The molecule has 0 saturated carbocycles. The maximum atomic E-state index is 10.9. The molecule has 3 nitrogen and oxygen atoms in total. The first-order valence-electron chi connectivity index (χ1n) is 7.21. The van der Waals surface area contributed by atoms with Gasteiger partial charge < -0.3 is 5.11 Å². The summed E-state index contributed by atoms with van der Waals surface area (Å²) in [6.07, 6.45) is 2.53. The molecule has 4 heteroatoms. The maximum absolute atomic E-state index is 10.9. The second kappa shape index (κ2) is 6.72. The van der Waals surface area contributed by atoms with E-state index >= 15 is 0 Å². The number of benzene rings is 1. The van der Waals surface area contributed by atoms with E-state index in [1.54, 1.807) is 12.1 Å². The average molecular weight is 340 g/mol. The first-order chi connectivity index (χ1) is 9.47. The standard InChI is InChI=1S/C16H22BrNO2/c1-11(2)12-5-7-18(8-6-12)10-14-4-3-13(16(19)20)9-15(14)17/h3-4,9,11-12H,5-8,10H2,1-2H3,(H,19,20). The van der Waals surface area contributed by atoms with E-state index in [9.17, 15) is 4.79 Å². The Hall–Kier alpha value is -0.870. The molecule has 1 fully saturated rings. The fraction of sp³-hybridized carbons (Fsp3) is 0.562. The molecule has 1 aliphatic rings. The van der Waals surface area contributed by atoms with Crippen molar-refractivity contribution < 1.29 is 9.90 Å². The molecular formula is C16H22BrNO2. The van der Waals surface area contributed by atoms with Crippen molar-refractivity contribution in [3.63, 3.8) is 0 Å². The van der Waals surface area contributed by atoms with Crippen molar-refractivity contribution >= 4 is 21.9 Å². The molecule has 0 unspecified atom stereocenters. The molecule has 1 aromatic carbocycles. The van der Waals surface area contributed by atoms with E-state index in [2.05, 4.69) is 34.7 Å². The van der Waals surface area contributed by atoms with E-state index in [1.165, 1.54) is 12.8 Å². The van der Waals surface area contributed by atoms with Gasteiger partial charge in [0.15, 0.2) is 0 Å². The summed E-state index contributed by atoms with van der Waals surface area (Å²) in [6, 6.07) is 5.30. The Bertz CT molecular complexity index is 479. The maximum Gasteiger partial charge on any atom is 0.335 e. The number of hydrogen-bond donors (Lipinski definition) is 1. The molecule has 110 valence electrons. The monoisotopic (exact) mass is 339 g/mol. The van der Waals surface area contributed by atoms with Crippen LogP contribution in [-0.4, -0.2) is 29.1 Å². The molecule has 0 aromatic heterocycles. The van der Waals surface area contributed by atoms with Gasteiger partial charge in [-0.2, -0.15) is 0 Å². The number of halogens is 1. The predicted molar refractivity (Wildman–Crippen MR) is 83.9 cm³/mol. The van der Waals surface area contributed by atoms with Crippen LogP contribution in [0.1, 0.15) is 42.6 Å². The Labute approximate surface area is 129 Å². The third-order valence-electron chi connectivity index (χ3n) is 4.27. The van der Waals surface area contributed by atoms with Gasteiger partial charge >= 0.3 is 5.97 Å². The minimum absolute atomic E-state index is 0.333. The SMILES string of the molecule is CC(C)C1CCN(Cc2ccc(C(=O)O)cc2Br)CC1. The van der Waals surface area contributed by atoms with Crippen molar-refractivity contribution in [3.05, 3.63) is 33.8 Å². The van der Waals surface area contributed by atoms with Crippen LogP contribution in [0.5, 0.6) is 0 Å². The number of rotatable bonds is 4. The number of piperidine rings is 1. The van der Waals surface area contributed by atoms with Crippen molar-refractivity contribution in [3.8, 4) is 0 Å². The molecule has 1 saturated heterocycles. The molecule has 0 bridgehead atoms. The summed E-state index contributed by atoms with van der Waals surface area (Å²) in [7, 11) is 0. The summed E-state index contributed by atoms with van der Waals surface area (Å²) >= 11 is 3.49. The van der Waals surface area contributed by atoms with Crippen LogP contribution >= 0.6 is 15.9 Å². The second-order valence-corrected chi connectivity index (χ2v) is 6.82. The van der Waals surface area contributed by atoms with Gasteiger partial charge in [0, 0.05) is 11.0 Å². The van der Waals surface area contributed by atoms with Crippen LogP contribution < -0.4 is 0 Å². The molecule has 1 heterocycles. The van der Waals surface area contributed by atoms with Gasteiger partial charge in [-0.1, -0.05) is 35.8 Å². The second-order valence-electron chi connectivity index (χ2n) is 5.97. The van der Waals surface area contributed by atoms with Gasteiger partial charge in [-0.05, 0) is 55.5 Å². The fourth-order valence-corrected chi connectivity index (χ4v) is 3.33. The third-order valence-corrected chi connectivity index (χ3v) is 5.01. The summed E-state index contributed by atoms with van der Waals surface area (Å²) in [4.78, 5) is 13.4. The van der Waals surface area contributed by atoms with Gasteiger partial charge in [0.2, 0.25) is 0 Å². The van der Waals surface area contributed by atoms with Crippen LogP contribution in [0.4, 0.5) is 0 Å². The van der Waals surface area contributed by atoms with Crippen molar-refractivity contribution in [2.45, 2.75) is 33.2 Å². The molecule has 1 aromatic rings. The zero-order valence-corrected chi connectivity index (χ0v) is 13.7. The lowest BCUT2D eigenvalue weighted by atomic mass is 9.86. The highest BCUT2D eigenvalue weighted by atomic mass is 79.9. The predicted octanol–water partition coefficient (Wildman–Crippen LogP) is 4.02. The van der Waals surface area contributed by atoms with Crippen LogP contribution in [0.15, 0.2) is 22.7 Å². The quantitative estimate of drug-likeness (QED) is 0.900. The van der Waals surface area contributed by atoms with Crippen LogP contribution in [0.3, 0.4) is 0 Å². The highest BCUT2D eigenvalue weighted by molar-refractivity contribution is 9.10. The van der Waals surface area contributed by atoms with Crippen LogP contribution in [0, 0.1) is 11.8 Å². The summed E-state index contributed by atoms with van der Waals surface area (Å²) in [6.45, 7) is 7.78. The van der Waals surface area contributed by atoms with Crippen LogP contribution in [0.25, 0.3) is 0 Å². The number of carboxylic acids is 1. The van der Waals surface area contributed by atoms with E-state index < -0.39 is 5.97 Å². The number of carbonyl (C=O) groups is 1. The molecule has 0 radical (unpaired) electrons. The largest absolute Gasteiger partial charge is 0.478 e. The zero-order valence-electron chi connectivity index (χ0n) is 12.1. The molecule has 2 rings (SSSR count). The lowest BCUT2D eigenvalue weighted by Crippen LogP contribution is -2.34. The summed E-state index contributed by atoms with van der Waals surface area (Å²) in [5, 5.41) is 8.97. The molecule has 0 amide bonds. The highest BCUT2D eigenvalue weighted by Crippen LogP contribution is 2.27. The highest BCUT2D eigenvalue weighted by Gasteiger charge is 2.22. The van der Waals surface area contributed by atoms with Gasteiger partial charge in [0.1, 0.15) is 0 Å². The minimum Gasteiger partial charge on any atom is -0.478 e. The van der Waals surface area contributed by atoms with E-state index in [0.29, 0.717) is 5.56 Å². The van der Waals surface area contributed by atoms with Gasteiger partial charge in [-0.3, -0.25) is 4.90 Å². The Kier molecular flexibility index (Phi) is 5.22. The summed E-state index contributed by atoms with van der Waals surface area (Å²) in [5.41, 5.74) is 1.50. The minimum atomic E-state index is -0.880. The topological polar surface area (TPSA) is 40.5 Å². The molecule has 1 N–H and O–H groups in total. The van der Waals surface area contributed by atoms with Crippen molar-refractivity contribution in [2.75, 3.05) is 13.1 Å².